The number of aromatic nitrogens is 2. The number of nitrogen functional groups attached to an aromatic ring is 1. The number of hydrogen-bond acceptors (Lipinski definition) is 6. The summed E-state index contributed by atoms with van der Waals surface area (Å²) in [6.07, 6.45) is 2.13. The van der Waals surface area contributed by atoms with E-state index < -0.39 is 34.8 Å². The van der Waals surface area contributed by atoms with E-state index in [1.54, 1.807) is 11.8 Å². The van der Waals surface area contributed by atoms with Crippen molar-refractivity contribution in [3.05, 3.63) is 61.0 Å². The molecule has 0 spiro atoms. The number of ketones is 1. The lowest BCUT2D eigenvalue weighted by molar-refractivity contribution is -0.124. The largest absolute Gasteiger partial charge is 0.384 e. The number of Topliss-reactive ketones (excluding diaryl/α,β-unsaturated/α-hetero) is 1. The smallest absolute Gasteiger partial charge is 0.332 e. The first kappa shape index (κ1) is 23.7. The highest BCUT2D eigenvalue weighted by atomic mass is 35.5. The average molecular weight is 466 g/mol. The zero-order valence-corrected chi connectivity index (χ0v) is 18.4. The number of nitrogens with two attached hydrogens (primary N) is 2. The Morgan fingerprint density at radius 1 is 1.22 bits per heavy atom. The Kier molecular flexibility index (Phi) is 7.15. The van der Waals surface area contributed by atoms with Crippen molar-refractivity contribution in [2.24, 2.45) is 5.73 Å². The molecule has 1 atom stereocenters. The summed E-state index contributed by atoms with van der Waals surface area (Å²) in [4.78, 5) is 52.3. The van der Waals surface area contributed by atoms with Crippen molar-refractivity contribution >= 4 is 29.1 Å². The van der Waals surface area contributed by atoms with Gasteiger partial charge in [0.2, 0.25) is 5.91 Å². The second-order valence-corrected chi connectivity index (χ2v) is 8.14. The fraction of sp³-hybridized carbons (Fsp3) is 0.429. The molecular formula is C21H25ClFN5O4. The molecule has 1 aromatic heterocycles. The number of benzene rings is 1. The molecule has 172 valence electrons. The summed E-state index contributed by atoms with van der Waals surface area (Å²) < 4.78 is 15.5. The van der Waals surface area contributed by atoms with Gasteiger partial charge in [0.25, 0.3) is 5.56 Å². The van der Waals surface area contributed by atoms with Gasteiger partial charge in [0, 0.05) is 6.54 Å². The van der Waals surface area contributed by atoms with Crippen LogP contribution in [0.4, 0.5) is 10.2 Å². The quantitative estimate of drug-likeness (QED) is 0.585. The van der Waals surface area contributed by atoms with Crippen LogP contribution < -0.4 is 22.7 Å². The van der Waals surface area contributed by atoms with E-state index in [4.69, 9.17) is 23.1 Å². The number of primary amides is 1. The van der Waals surface area contributed by atoms with Crippen molar-refractivity contribution in [3.63, 3.8) is 0 Å². The third kappa shape index (κ3) is 4.61. The maximum absolute atomic E-state index is 13.5. The summed E-state index contributed by atoms with van der Waals surface area (Å²) in [5.41, 5.74) is 10.3. The van der Waals surface area contributed by atoms with Crippen molar-refractivity contribution in [1.82, 2.24) is 14.0 Å². The van der Waals surface area contributed by atoms with Crippen molar-refractivity contribution in [2.45, 2.75) is 45.3 Å². The van der Waals surface area contributed by atoms with Crippen LogP contribution in [0.15, 0.2) is 27.8 Å². The summed E-state index contributed by atoms with van der Waals surface area (Å²) in [6.45, 7) is 1.77. The summed E-state index contributed by atoms with van der Waals surface area (Å²) in [7, 11) is 0. The summed E-state index contributed by atoms with van der Waals surface area (Å²) in [6, 6.07) is 3.33. The number of carbonyl (C=O) groups is 2. The minimum absolute atomic E-state index is 0.0238. The zero-order chi connectivity index (χ0) is 23.6. The molecule has 0 bridgehead atoms. The van der Waals surface area contributed by atoms with E-state index in [1.165, 1.54) is 12.1 Å². The second-order valence-electron chi connectivity index (χ2n) is 7.73. The van der Waals surface area contributed by atoms with Gasteiger partial charge in [-0.2, -0.15) is 0 Å². The van der Waals surface area contributed by atoms with Gasteiger partial charge in [-0.15, -0.1) is 0 Å². The molecule has 1 saturated heterocycles. The number of nitrogens with zero attached hydrogens (tertiary/aromatic N) is 3. The highest BCUT2D eigenvalue weighted by Gasteiger charge is 2.31. The van der Waals surface area contributed by atoms with E-state index in [2.05, 4.69) is 0 Å². The molecule has 2 heterocycles. The fourth-order valence-electron chi connectivity index (χ4n) is 4.00. The molecule has 4 N–H and O–H groups in total. The van der Waals surface area contributed by atoms with Gasteiger partial charge < -0.3 is 11.5 Å². The molecule has 0 aliphatic carbocycles. The van der Waals surface area contributed by atoms with Crippen LogP contribution in [-0.2, 0) is 17.9 Å². The predicted octanol–water partition coefficient (Wildman–Crippen LogP) is 0.975. The summed E-state index contributed by atoms with van der Waals surface area (Å²) in [5.74, 6) is -2.04. The summed E-state index contributed by atoms with van der Waals surface area (Å²) >= 11 is 5.83. The third-order valence-corrected chi connectivity index (χ3v) is 5.97. The first-order chi connectivity index (χ1) is 15.1. The highest BCUT2D eigenvalue weighted by Crippen LogP contribution is 2.19. The molecule has 3 rings (SSSR count). The molecular weight excluding hydrogens is 441 g/mol. The lowest BCUT2D eigenvalue weighted by atomic mass is 10.0. The minimum atomic E-state index is -0.791. The normalized spacial score (nSPS) is 16.8. The van der Waals surface area contributed by atoms with E-state index in [0.29, 0.717) is 18.5 Å². The molecule has 2 aromatic rings. The zero-order valence-electron chi connectivity index (χ0n) is 17.6. The molecule has 0 unspecified atom stereocenters. The summed E-state index contributed by atoms with van der Waals surface area (Å²) in [5, 5.41) is -0.128. The Balaban J connectivity index is 2.03. The van der Waals surface area contributed by atoms with E-state index in [1.807, 2.05) is 0 Å². The molecule has 32 heavy (non-hydrogen) atoms. The monoisotopic (exact) mass is 465 g/mol. The van der Waals surface area contributed by atoms with Crippen LogP contribution in [0.2, 0.25) is 5.02 Å². The van der Waals surface area contributed by atoms with Crippen LogP contribution in [0.3, 0.4) is 0 Å². The molecule has 1 aliphatic rings. The van der Waals surface area contributed by atoms with Crippen molar-refractivity contribution in [1.29, 1.82) is 0 Å². The van der Waals surface area contributed by atoms with Crippen molar-refractivity contribution in [2.75, 3.05) is 18.8 Å². The van der Waals surface area contributed by atoms with E-state index in [0.717, 1.165) is 28.0 Å². The molecule has 1 fully saturated rings. The average Bonchev–Trinajstić information content (AvgIpc) is 2.74. The first-order valence-corrected chi connectivity index (χ1v) is 10.7. The van der Waals surface area contributed by atoms with Gasteiger partial charge in [0.05, 0.1) is 24.2 Å². The van der Waals surface area contributed by atoms with Crippen LogP contribution >= 0.6 is 11.6 Å². The maximum atomic E-state index is 13.5. The van der Waals surface area contributed by atoms with Crippen molar-refractivity contribution < 1.29 is 14.0 Å². The van der Waals surface area contributed by atoms with Gasteiger partial charge >= 0.3 is 5.69 Å². The first-order valence-electron chi connectivity index (χ1n) is 10.3. The number of hydrogen-bond donors (Lipinski definition) is 2. The van der Waals surface area contributed by atoms with Gasteiger partial charge in [-0.25, -0.2) is 9.18 Å². The Morgan fingerprint density at radius 2 is 1.94 bits per heavy atom. The number of carbonyl (C=O) groups excluding carboxylic acids is 2. The standard InChI is InChI=1S/C21H25ClFN5O4/c1-2-27-20(31)17(16(29)11-26-8-4-3-5-15(26)19(25)30)18(24)28(21(27)32)10-12-6-7-14(23)13(22)9-12/h6-7,9,15H,2-5,8,10-11,24H2,1H3,(H2,25,30)/t15-/m1/s1. The molecule has 1 aliphatic heterocycles. The van der Waals surface area contributed by atoms with Gasteiger partial charge in [-0.05, 0) is 44.0 Å². The Hall–Kier alpha value is -2.98. The Bertz CT molecular complexity index is 1180. The van der Waals surface area contributed by atoms with Gasteiger partial charge in [0.1, 0.15) is 17.2 Å². The number of rotatable bonds is 7. The molecule has 0 radical (unpaired) electrons. The SMILES string of the molecule is CCn1c(=O)c(C(=O)CN2CCCC[C@@H]2C(N)=O)c(N)n(Cc2ccc(F)c(Cl)c2)c1=O. The predicted molar refractivity (Wildman–Crippen MR) is 118 cm³/mol. The van der Waals surface area contributed by atoms with Crippen molar-refractivity contribution in [3.8, 4) is 0 Å². The number of piperidine rings is 1. The van der Waals surface area contributed by atoms with E-state index in [-0.39, 0.29) is 36.0 Å². The topological polar surface area (TPSA) is 133 Å². The molecule has 1 amide bonds. The molecule has 1 aromatic carbocycles. The lowest BCUT2D eigenvalue weighted by Crippen LogP contribution is -2.51. The van der Waals surface area contributed by atoms with Crippen LogP contribution in [0.5, 0.6) is 0 Å². The van der Waals surface area contributed by atoms with Crippen LogP contribution in [-0.4, -0.2) is 44.9 Å². The number of likely N-dealkylation sites (tertiary alicyclic amines) is 1. The number of anilines is 1. The molecule has 9 nitrogen and oxygen atoms in total. The highest BCUT2D eigenvalue weighted by molar-refractivity contribution is 6.30. The van der Waals surface area contributed by atoms with Crippen LogP contribution in [0.25, 0.3) is 0 Å². The maximum Gasteiger partial charge on any atom is 0.332 e. The van der Waals surface area contributed by atoms with Crippen LogP contribution in [0.1, 0.15) is 42.1 Å². The Morgan fingerprint density at radius 3 is 2.56 bits per heavy atom. The van der Waals surface area contributed by atoms with E-state index >= 15 is 0 Å². The number of amides is 1. The van der Waals surface area contributed by atoms with Gasteiger partial charge in [-0.3, -0.25) is 28.4 Å². The van der Waals surface area contributed by atoms with Gasteiger partial charge in [0.15, 0.2) is 5.78 Å². The van der Waals surface area contributed by atoms with Gasteiger partial charge in [-0.1, -0.05) is 24.1 Å². The second kappa shape index (κ2) is 9.66. The molecule has 0 saturated carbocycles. The fourth-order valence-corrected chi connectivity index (χ4v) is 4.20. The Labute approximate surface area is 188 Å². The minimum Gasteiger partial charge on any atom is -0.384 e. The number of halogens is 2. The third-order valence-electron chi connectivity index (χ3n) is 5.68. The van der Waals surface area contributed by atoms with Crippen LogP contribution in [0, 0.1) is 5.82 Å². The van der Waals surface area contributed by atoms with E-state index in [9.17, 15) is 23.6 Å². The lowest BCUT2D eigenvalue weighted by Gasteiger charge is -2.33. The molecule has 11 heteroatoms.